The number of nitrogens with zero attached hydrogens (tertiary/aromatic N) is 3. The number of halogens is 2. The quantitative estimate of drug-likeness (QED) is 0.369. The maximum Gasteiger partial charge on any atom is 0.255 e. The highest BCUT2D eigenvalue weighted by Gasteiger charge is 2.28. The smallest absolute Gasteiger partial charge is 0.255 e. The van der Waals surface area contributed by atoms with E-state index in [0.717, 1.165) is 58.4 Å². The lowest BCUT2D eigenvalue weighted by molar-refractivity contribution is 0.0949. The van der Waals surface area contributed by atoms with Crippen molar-refractivity contribution in [2.75, 3.05) is 44.2 Å². The van der Waals surface area contributed by atoms with Gasteiger partial charge in [-0.2, -0.15) is 5.26 Å². The number of rotatable bonds is 10. The van der Waals surface area contributed by atoms with E-state index in [1.807, 2.05) is 0 Å². The molecule has 1 amide bonds. The summed E-state index contributed by atoms with van der Waals surface area (Å²) in [4.78, 5) is 16.8. The molecule has 8 heteroatoms. The van der Waals surface area contributed by atoms with Gasteiger partial charge >= 0.3 is 0 Å². The van der Waals surface area contributed by atoms with Gasteiger partial charge in [0.2, 0.25) is 0 Å². The molecule has 1 saturated carbocycles. The van der Waals surface area contributed by atoms with E-state index in [1.165, 1.54) is 31.4 Å². The minimum absolute atomic E-state index is 0.0211. The van der Waals surface area contributed by atoms with Gasteiger partial charge in [0.1, 0.15) is 11.6 Å². The Hall–Kier alpha value is -2.82. The number of amides is 1. The number of aromatic hydroxyl groups is 1. The zero-order chi connectivity index (χ0) is 26.9. The van der Waals surface area contributed by atoms with Crippen molar-refractivity contribution in [1.82, 2.24) is 10.2 Å². The number of carbonyl (C=O) groups excluding carboxylic acids is 1. The van der Waals surface area contributed by atoms with Gasteiger partial charge in [0, 0.05) is 43.7 Å². The Balaban J connectivity index is 1.11. The van der Waals surface area contributed by atoms with E-state index in [1.54, 1.807) is 30.3 Å². The average Bonchev–Trinajstić information content (AvgIpc) is 2.93. The summed E-state index contributed by atoms with van der Waals surface area (Å²) >= 11 is 5.89. The summed E-state index contributed by atoms with van der Waals surface area (Å²) < 4.78 is 14.2. The third kappa shape index (κ3) is 7.61. The fraction of sp³-hybridized carbons (Fsp3) is 0.533. The number of phenolic OH excluding ortho intramolecular Hbond substituents is 1. The molecule has 0 radical (unpaired) electrons. The fourth-order valence-corrected chi connectivity index (χ4v) is 6.04. The molecule has 1 heterocycles. The summed E-state index contributed by atoms with van der Waals surface area (Å²) in [6.07, 6.45) is 7.24. The Kier molecular flexibility index (Phi) is 10.3. The Morgan fingerprint density at radius 2 is 1.87 bits per heavy atom. The Morgan fingerprint density at radius 3 is 2.55 bits per heavy atom. The number of hydrogen-bond donors (Lipinski definition) is 2. The minimum atomic E-state index is -0.282. The number of nitrogens with one attached hydrogen (secondary N) is 1. The Bertz CT molecular complexity index is 1110. The molecular formula is C30H38ClFN4O2. The third-order valence-electron chi connectivity index (χ3n) is 8.23. The molecule has 6 nitrogen and oxygen atoms in total. The second-order valence-corrected chi connectivity index (χ2v) is 11.1. The summed E-state index contributed by atoms with van der Waals surface area (Å²) in [6.45, 7) is 5.09. The molecule has 2 aliphatic rings. The van der Waals surface area contributed by atoms with Gasteiger partial charge in [0.15, 0.2) is 0 Å². The zero-order valence-electron chi connectivity index (χ0n) is 21.9. The maximum atomic E-state index is 14.2. The molecule has 1 saturated heterocycles. The number of phenols is 1. The first-order chi connectivity index (χ1) is 18.4. The monoisotopic (exact) mass is 540 g/mol. The van der Waals surface area contributed by atoms with Crippen molar-refractivity contribution < 1.29 is 14.3 Å². The van der Waals surface area contributed by atoms with Gasteiger partial charge in [-0.05, 0) is 80.8 Å². The molecule has 2 aromatic carbocycles. The molecule has 1 aliphatic carbocycles. The number of hydrogen-bond acceptors (Lipinski definition) is 5. The molecule has 0 aromatic heterocycles. The van der Waals surface area contributed by atoms with Crippen molar-refractivity contribution in [2.45, 2.75) is 44.9 Å². The van der Waals surface area contributed by atoms with E-state index in [-0.39, 0.29) is 29.0 Å². The fourth-order valence-electron chi connectivity index (χ4n) is 5.88. The predicted molar refractivity (Wildman–Crippen MR) is 149 cm³/mol. The van der Waals surface area contributed by atoms with Gasteiger partial charge in [-0.25, -0.2) is 4.39 Å². The Morgan fingerprint density at radius 1 is 1.13 bits per heavy atom. The van der Waals surface area contributed by atoms with Gasteiger partial charge in [-0.15, -0.1) is 0 Å². The first-order valence-electron chi connectivity index (χ1n) is 13.8. The van der Waals surface area contributed by atoms with Crippen molar-refractivity contribution in [3.05, 3.63) is 58.9 Å². The zero-order valence-corrected chi connectivity index (χ0v) is 22.7. The van der Waals surface area contributed by atoms with Gasteiger partial charge in [-0.3, -0.25) is 9.69 Å². The lowest BCUT2D eigenvalue weighted by Gasteiger charge is -2.37. The SMILES string of the molecule is N#CC(CCCNC(=O)c1ccccc1O)C1CCC(CCN2CCN(c3ccc(Cl)cc3F)CC2)CC1. The molecule has 2 fully saturated rings. The molecule has 204 valence electrons. The van der Waals surface area contributed by atoms with Crippen LogP contribution in [0.1, 0.15) is 55.3 Å². The largest absolute Gasteiger partial charge is 0.507 e. The minimum Gasteiger partial charge on any atom is -0.507 e. The summed E-state index contributed by atoms with van der Waals surface area (Å²) in [5, 5.41) is 22.9. The predicted octanol–water partition coefficient (Wildman–Crippen LogP) is 5.85. The Labute approximate surface area is 230 Å². The molecule has 2 N–H and O–H groups in total. The van der Waals surface area contributed by atoms with E-state index in [0.29, 0.717) is 29.1 Å². The van der Waals surface area contributed by atoms with E-state index in [9.17, 15) is 19.6 Å². The van der Waals surface area contributed by atoms with Gasteiger partial charge in [0.25, 0.3) is 5.91 Å². The number of benzene rings is 2. The highest BCUT2D eigenvalue weighted by atomic mass is 35.5. The molecule has 0 bridgehead atoms. The van der Waals surface area contributed by atoms with Crippen molar-refractivity contribution >= 4 is 23.2 Å². The van der Waals surface area contributed by atoms with Crippen LogP contribution in [0.15, 0.2) is 42.5 Å². The van der Waals surface area contributed by atoms with Crippen LogP contribution in [-0.2, 0) is 0 Å². The normalized spacial score (nSPS) is 21.0. The van der Waals surface area contributed by atoms with Crippen LogP contribution >= 0.6 is 11.6 Å². The summed E-state index contributed by atoms with van der Waals surface area (Å²) in [5.41, 5.74) is 0.914. The molecule has 2 aromatic rings. The van der Waals surface area contributed by atoms with Crippen LogP contribution in [0.3, 0.4) is 0 Å². The van der Waals surface area contributed by atoms with Gasteiger partial charge < -0.3 is 15.3 Å². The number of piperazine rings is 1. The molecule has 38 heavy (non-hydrogen) atoms. The van der Waals surface area contributed by atoms with Crippen LogP contribution in [0.4, 0.5) is 10.1 Å². The van der Waals surface area contributed by atoms with E-state index in [4.69, 9.17) is 11.6 Å². The van der Waals surface area contributed by atoms with Gasteiger partial charge in [0.05, 0.1) is 17.3 Å². The van der Waals surface area contributed by atoms with Crippen molar-refractivity contribution in [3.63, 3.8) is 0 Å². The van der Waals surface area contributed by atoms with E-state index >= 15 is 0 Å². The molecule has 0 spiro atoms. The summed E-state index contributed by atoms with van der Waals surface area (Å²) in [5.74, 6) is 0.607. The maximum absolute atomic E-state index is 14.2. The molecule has 1 unspecified atom stereocenters. The van der Waals surface area contributed by atoms with Crippen molar-refractivity contribution in [3.8, 4) is 11.8 Å². The lowest BCUT2D eigenvalue weighted by Crippen LogP contribution is -2.47. The standard InChI is InChI=1S/C30H38ClFN4O2/c31-25-11-12-28(27(32)20-25)36-18-16-35(17-19-36)15-13-22-7-9-23(10-8-22)24(21-33)4-3-14-34-30(38)26-5-1-2-6-29(26)37/h1-2,5-6,11-12,20,22-24,37H,3-4,7-10,13-19H2,(H,34,38). The molecular weight excluding hydrogens is 503 g/mol. The topological polar surface area (TPSA) is 79.6 Å². The van der Waals surface area contributed by atoms with Crippen LogP contribution in [-0.4, -0.2) is 55.2 Å². The number of nitriles is 1. The van der Waals surface area contributed by atoms with Crippen LogP contribution < -0.4 is 10.2 Å². The summed E-state index contributed by atoms with van der Waals surface area (Å²) in [7, 11) is 0. The van der Waals surface area contributed by atoms with Crippen LogP contribution in [0.25, 0.3) is 0 Å². The molecule has 4 rings (SSSR count). The van der Waals surface area contributed by atoms with E-state index in [2.05, 4.69) is 21.2 Å². The van der Waals surface area contributed by atoms with E-state index < -0.39 is 0 Å². The lowest BCUT2D eigenvalue weighted by atomic mass is 9.74. The molecule has 1 atom stereocenters. The highest BCUT2D eigenvalue weighted by molar-refractivity contribution is 6.30. The van der Waals surface area contributed by atoms with Gasteiger partial charge in [-0.1, -0.05) is 36.6 Å². The number of carbonyl (C=O) groups is 1. The number of para-hydroxylation sites is 1. The van der Waals surface area contributed by atoms with Crippen LogP contribution in [0, 0.1) is 34.9 Å². The third-order valence-corrected chi connectivity index (χ3v) is 8.46. The second kappa shape index (κ2) is 13.8. The first-order valence-corrected chi connectivity index (χ1v) is 14.2. The highest BCUT2D eigenvalue weighted by Crippen LogP contribution is 2.36. The number of anilines is 1. The molecule has 1 aliphatic heterocycles. The summed E-state index contributed by atoms with van der Waals surface area (Å²) in [6, 6.07) is 13.9. The second-order valence-electron chi connectivity index (χ2n) is 10.6. The van der Waals surface area contributed by atoms with Crippen LogP contribution in [0.2, 0.25) is 5.02 Å². The average molecular weight is 541 g/mol. The van der Waals surface area contributed by atoms with Crippen molar-refractivity contribution in [2.24, 2.45) is 17.8 Å². The van der Waals surface area contributed by atoms with Crippen LogP contribution in [0.5, 0.6) is 5.75 Å². The van der Waals surface area contributed by atoms with Crippen molar-refractivity contribution in [1.29, 1.82) is 5.26 Å². The first kappa shape index (κ1) is 28.2.